The number of carbonyl (C=O) groups excluding carboxylic acids is 2. The number of carbonyl (C=O) groups is 3. The number of nitrogen functional groups attached to an aromatic ring is 1. The topological polar surface area (TPSA) is 197 Å². The van der Waals surface area contributed by atoms with E-state index in [-0.39, 0.29) is 17.2 Å². The van der Waals surface area contributed by atoms with Gasteiger partial charge in [-0.15, -0.1) is 0 Å². The number of likely N-dealkylation sites (N-methyl/N-ethyl adjacent to an activating group) is 1. The van der Waals surface area contributed by atoms with Crippen LogP contribution in [-0.4, -0.2) is 67.1 Å². The molecule has 0 aliphatic heterocycles. The highest BCUT2D eigenvalue weighted by Gasteiger charge is 2.34. The highest BCUT2D eigenvalue weighted by Crippen LogP contribution is 2.21. The van der Waals surface area contributed by atoms with Gasteiger partial charge in [-0.05, 0) is 28.5 Å². The minimum Gasteiger partial charge on any atom is -0.480 e. The van der Waals surface area contributed by atoms with E-state index < -0.39 is 45.6 Å². The van der Waals surface area contributed by atoms with Gasteiger partial charge in [0, 0.05) is 19.0 Å². The molecule has 3 rings (SSSR count). The second-order valence-corrected chi connectivity index (χ2v) is 10.5. The monoisotopic (exact) mass is 525 g/mol. The predicted octanol–water partition coefficient (Wildman–Crippen LogP) is 0.453. The number of aliphatic carboxylic acids is 1. The van der Waals surface area contributed by atoms with Gasteiger partial charge < -0.3 is 26.8 Å². The van der Waals surface area contributed by atoms with Crippen molar-refractivity contribution in [2.24, 2.45) is 11.5 Å². The van der Waals surface area contributed by atoms with Gasteiger partial charge in [0.15, 0.2) is 5.37 Å². The molecule has 0 saturated carbocycles. The molecule has 12 heteroatoms. The third-order valence-corrected chi connectivity index (χ3v) is 7.50. The minimum atomic E-state index is -4.32. The Morgan fingerprint density at radius 2 is 1.65 bits per heavy atom. The predicted molar refractivity (Wildman–Crippen MR) is 137 cm³/mol. The summed E-state index contributed by atoms with van der Waals surface area (Å²) in [5.74, 6) is -3.28. The van der Waals surface area contributed by atoms with E-state index in [1.54, 1.807) is 42.5 Å². The van der Waals surface area contributed by atoms with Gasteiger partial charge >= 0.3 is 5.97 Å². The van der Waals surface area contributed by atoms with E-state index in [9.17, 15) is 22.8 Å². The standard InChI is InChI=1S/C25H27N5O6S/c1-30(14-21(31)32)25(34)20(12-15-6-8-17(9-7-15)22(26)27)29-24(33)23(28)37(35,36)19-11-10-16-4-2-3-5-18(16)13-19/h2-11,13,20,23H,12,14,28H2,1H3,(H3,26,27)(H,29,33)(H,31,32)/t20-,23?/m0/s1. The van der Waals surface area contributed by atoms with E-state index in [1.807, 2.05) is 12.1 Å². The Morgan fingerprint density at radius 3 is 2.24 bits per heavy atom. The molecule has 0 aliphatic rings. The maximum Gasteiger partial charge on any atom is 0.323 e. The van der Waals surface area contributed by atoms with Crippen molar-refractivity contribution in [3.05, 3.63) is 77.9 Å². The number of benzene rings is 3. The third-order valence-electron chi connectivity index (χ3n) is 5.71. The molecular formula is C25H27N5O6S. The zero-order valence-electron chi connectivity index (χ0n) is 19.9. The smallest absolute Gasteiger partial charge is 0.323 e. The Kier molecular flexibility index (Phi) is 8.25. The van der Waals surface area contributed by atoms with Crippen molar-refractivity contribution >= 4 is 44.2 Å². The van der Waals surface area contributed by atoms with Crippen molar-refractivity contribution in [1.82, 2.24) is 10.2 Å². The van der Waals surface area contributed by atoms with Gasteiger partial charge in [0.1, 0.15) is 18.4 Å². The van der Waals surface area contributed by atoms with Crippen LogP contribution >= 0.6 is 0 Å². The number of carboxylic acids is 1. The molecule has 37 heavy (non-hydrogen) atoms. The molecule has 11 nitrogen and oxygen atoms in total. The van der Waals surface area contributed by atoms with Gasteiger partial charge in [0.25, 0.3) is 5.91 Å². The molecule has 2 amide bonds. The first-order chi connectivity index (χ1) is 17.4. The Morgan fingerprint density at radius 1 is 1.03 bits per heavy atom. The molecule has 0 aliphatic carbocycles. The van der Waals surface area contributed by atoms with Gasteiger partial charge in [-0.1, -0.05) is 54.6 Å². The first-order valence-electron chi connectivity index (χ1n) is 11.1. The number of rotatable bonds is 10. The second-order valence-electron chi connectivity index (χ2n) is 8.44. The second kappa shape index (κ2) is 11.2. The van der Waals surface area contributed by atoms with Crippen LogP contribution in [0.5, 0.6) is 0 Å². The molecule has 0 radical (unpaired) electrons. The zero-order valence-corrected chi connectivity index (χ0v) is 20.7. The highest BCUT2D eigenvalue weighted by atomic mass is 32.2. The lowest BCUT2D eigenvalue weighted by Gasteiger charge is -2.25. The van der Waals surface area contributed by atoms with Crippen LogP contribution in [0.25, 0.3) is 10.8 Å². The third kappa shape index (κ3) is 6.48. The summed E-state index contributed by atoms with van der Waals surface area (Å²) in [6.45, 7) is -0.629. The number of nitrogens with one attached hydrogen (secondary N) is 2. The SMILES string of the molecule is CN(CC(=O)O)C(=O)[C@H](Cc1ccc(C(=N)N)cc1)NC(=O)C(N)S(=O)(=O)c1ccc2ccccc2c1. The molecule has 3 aromatic carbocycles. The molecule has 0 spiro atoms. The van der Waals surface area contributed by atoms with Gasteiger partial charge in [0.2, 0.25) is 15.7 Å². The number of amides is 2. The first-order valence-corrected chi connectivity index (χ1v) is 12.6. The number of nitrogens with zero attached hydrogens (tertiary/aromatic N) is 1. The van der Waals surface area contributed by atoms with E-state index in [4.69, 9.17) is 22.0 Å². The molecule has 0 aromatic heterocycles. The summed E-state index contributed by atoms with van der Waals surface area (Å²) in [6, 6.07) is 16.4. The van der Waals surface area contributed by atoms with E-state index in [2.05, 4.69) is 5.32 Å². The highest BCUT2D eigenvalue weighted by molar-refractivity contribution is 7.92. The van der Waals surface area contributed by atoms with Gasteiger partial charge in [-0.3, -0.25) is 19.8 Å². The first kappa shape index (κ1) is 27.3. The van der Waals surface area contributed by atoms with Crippen LogP contribution in [0.15, 0.2) is 71.6 Å². The summed E-state index contributed by atoms with van der Waals surface area (Å²) in [6.07, 6.45) is -0.0878. The molecule has 1 unspecified atom stereocenters. The van der Waals surface area contributed by atoms with E-state index in [0.29, 0.717) is 16.5 Å². The molecule has 0 saturated heterocycles. The van der Waals surface area contributed by atoms with E-state index in [1.165, 1.54) is 19.2 Å². The fraction of sp³-hybridized carbons (Fsp3) is 0.200. The maximum absolute atomic E-state index is 13.1. The average Bonchev–Trinajstić information content (AvgIpc) is 2.86. The van der Waals surface area contributed by atoms with Crippen molar-refractivity contribution in [2.45, 2.75) is 22.7 Å². The Labute approximate surface area is 213 Å². The van der Waals surface area contributed by atoms with Crippen LogP contribution in [0.2, 0.25) is 0 Å². The fourth-order valence-electron chi connectivity index (χ4n) is 3.69. The summed E-state index contributed by atoms with van der Waals surface area (Å²) >= 11 is 0. The lowest BCUT2D eigenvalue weighted by atomic mass is 10.0. The summed E-state index contributed by atoms with van der Waals surface area (Å²) < 4.78 is 26.2. The molecule has 7 N–H and O–H groups in total. The Bertz CT molecular complexity index is 1460. The zero-order chi connectivity index (χ0) is 27.3. The van der Waals surface area contributed by atoms with E-state index >= 15 is 0 Å². The van der Waals surface area contributed by atoms with Gasteiger partial charge in [-0.2, -0.15) is 0 Å². The average molecular weight is 526 g/mol. The van der Waals surface area contributed by atoms with Crippen LogP contribution in [0.4, 0.5) is 0 Å². The summed E-state index contributed by atoms with van der Waals surface area (Å²) in [5, 5.41) is 18.3. The normalized spacial score (nSPS) is 12.9. The molecule has 0 fully saturated rings. The number of sulfone groups is 1. The van der Waals surface area contributed by atoms with Crippen LogP contribution in [0.3, 0.4) is 0 Å². The molecule has 0 heterocycles. The summed E-state index contributed by atoms with van der Waals surface area (Å²) in [7, 11) is -3.07. The van der Waals surface area contributed by atoms with Crippen molar-refractivity contribution < 1.29 is 27.9 Å². The van der Waals surface area contributed by atoms with Crippen molar-refractivity contribution in [3.8, 4) is 0 Å². The maximum atomic E-state index is 13.1. The number of hydrogen-bond donors (Lipinski definition) is 5. The molecular weight excluding hydrogens is 498 g/mol. The van der Waals surface area contributed by atoms with Crippen LogP contribution in [0, 0.1) is 5.41 Å². The molecule has 0 bridgehead atoms. The Hall–Kier alpha value is -4.29. The summed E-state index contributed by atoms with van der Waals surface area (Å²) in [5.41, 5.74) is 12.3. The van der Waals surface area contributed by atoms with E-state index in [0.717, 1.165) is 10.3 Å². The quantitative estimate of drug-likeness (QED) is 0.186. The number of fused-ring (bicyclic) bond motifs is 1. The van der Waals surface area contributed by atoms with Crippen molar-refractivity contribution in [3.63, 3.8) is 0 Å². The fourth-order valence-corrected chi connectivity index (χ4v) is 4.88. The number of amidine groups is 1. The van der Waals surface area contributed by atoms with Crippen LogP contribution < -0.4 is 16.8 Å². The molecule has 3 aromatic rings. The summed E-state index contributed by atoms with van der Waals surface area (Å²) in [4.78, 5) is 37.8. The number of hydrogen-bond acceptors (Lipinski definition) is 7. The van der Waals surface area contributed by atoms with Gasteiger partial charge in [0.05, 0.1) is 4.90 Å². The lowest BCUT2D eigenvalue weighted by molar-refractivity contribution is -0.144. The van der Waals surface area contributed by atoms with Crippen molar-refractivity contribution in [1.29, 1.82) is 5.41 Å². The molecule has 194 valence electrons. The minimum absolute atomic E-state index is 0.0878. The number of carboxylic acid groups (broad SMARTS) is 1. The molecule has 2 atom stereocenters. The lowest BCUT2D eigenvalue weighted by Crippen LogP contribution is -2.55. The van der Waals surface area contributed by atoms with Crippen molar-refractivity contribution in [2.75, 3.05) is 13.6 Å². The largest absolute Gasteiger partial charge is 0.480 e. The van der Waals surface area contributed by atoms with Crippen LogP contribution in [0.1, 0.15) is 11.1 Å². The Balaban J connectivity index is 1.86. The van der Waals surface area contributed by atoms with Gasteiger partial charge in [-0.25, -0.2) is 8.42 Å². The number of nitrogens with two attached hydrogens (primary N) is 2. The van der Waals surface area contributed by atoms with Crippen LogP contribution in [-0.2, 0) is 30.6 Å².